The third-order valence-electron chi connectivity index (χ3n) is 4.10. The van der Waals surface area contributed by atoms with Gasteiger partial charge in [-0.1, -0.05) is 46.3 Å². The summed E-state index contributed by atoms with van der Waals surface area (Å²) in [5, 5.41) is 2.77. The third kappa shape index (κ3) is 5.96. The van der Waals surface area contributed by atoms with Crippen LogP contribution in [0.2, 0.25) is 0 Å². The zero-order chi connectivity index (χ0) is 20.9. The van der Waals surface area contributed by atoms with E-state index in [1.54, 1.807) is 36.4 Å². The lowest BCUT2D eigenvalue weighted by Gasteiger charge is -2.10. The largest absolute Gasteiger partial charge is 0.348 e. The molecule has 2 N–H and O–H groups in total. The molecule has 3 rings (SSSR count). The lowest BCUT2D eigenvalue weighted by Crippen LogP contribution is -2.24. The van der Waals surface area contributed by atoms with Gasteiger partial charge < -0.3 is 5.32 Å². The molecule has 3 aromatic carbocycles. The third-order valence-corrected chi connectivity index (χ3v) is 6.00. The van der Waals surface area contributed by atoms with Crippen molar-refractivity contribution in [2.45, 2.75) is 18.0 Å². The molecule has 0 spiro atoms. The van der Waals surface area contributed by atoms with E-state index in [1.165, 1.54) is 30.3 Å². The Balaban J connectivity index is 1.65. The van der Waals surface area contributed by atoms with Crippen molar-refractivity contribution in [2.75, 3.05) is 0 Å². The normalized spacial score (nSPS) is 11.2. The Bertz CT molecular complexity index is 1140. The number of sulfonamides is 1. The van der Waals surface area contributed by atoms with Crippen LogP contribution in [0.1, 0.15) is 21.5 Å². The predicted molar refractivity (Wildman–Crippen MR) is 112 cm³/mol. The Hall–Kier alpha value is -2.55. The van der Waals surface area contributed by atoms with Gasteiger partial charge in [-0.15, -0.1) is 0 Å². The van der Waals surface area contributed by atoms with Crippen LogP contribution in [0.4, 0.5) is 4.39 Å². The van der Waals surface area contributed by atoms with E-state index in [0.717, 1.165) is 4.47 Å². The van der Waals surface area contributed by atoms with Gasteiger partial charge in [-0.05, 0) is 53.6 Å². The maximum absolute atomic E-state index is 13.2. The number of carbonyl (C=O) groups is 1. The molecule has 0 saturated carbocycles. The number of carbonyl (C=O) groups excluding carboxylic acids is 1. The molecule has 0 aromatic heterocycles. The van der Waals surface area contributed by atoms with Crippen LogP contribution in [0.25, 0.3) is 0 Å². The molecule has 0 atom stereocenters. The molecule has 0 fully saturated rings. The quantitative estimate of drug-likeness (QED) is 0.541. The van der Waals surface area contributed by atoms with Crippen LogP contribution in [-0.2, 0) is 23.1 Å². The van der Waals surface area contributed by atoms with Crippen LogP contribution in [-0.4, -0.2) is 14.3 Å². The first-order chi connectivity index (χ1) is 13.8. The van der Waals surface area contributed by atoms with Crippen LogP contribution < -0.4 is 10.0 Å². The van der Waals surface area contributed by atoms with E-state index in [4.69, 9.17) is 0 Å². The van der Waals surface area contributed by atoms with Crippen molar-refractivity contribution < 1.29 is 17.6 Å². The molecule has 0 aliphatic heterocycles. The zero-order valence-corrected chi connectivity index (χ0v) is 17.6. The number of nitrogens with one attached hydrogen (secondary N) is 2. The minimum atomic E-state index is -3.78. The lowest BCUT2D eigenvalue weighted by atomic mass is 10.2. The lowest BCUT2D eigenvalue weighted by molar-refractivity contribution is 0.0951. The summed E-state index contributed by atoms with van der Waals surface area (Å²) in [7, 11) is -3.78. The van der Waals surface area contributed by atoms with E-state index >= 15 is 0 Å². The number of rotatable bonds is 7. The molecule has 0 aliphatic carbocycles. The van der Waals surface area contributed by atoms with Crippen molar-refractivity contribution in [3.63, 3.8) is 0 Å². The van der Waals surface area contributed by atoms with Gasteiger partial charge in [0.2, 0.25) is 10.0 Å². The van der Waals surface area contributed by atoms with Crippen LogP contribution in [0.3, 0.4) is 0 Å². The van der Waals surface area contributed by atoms with Gasteiger partial charge in [0.05, 0.1) is 4.90 Å². The molecule has 1 amide bonds. The zero-order valence-electron chi connectivity index (χ0n) is 15.2. The Kier molecular flexibility index (Phi) is 6.79. The second kappa shape index (κ2) is 9.30. The van der Waals surface area contributed by atoms with Gasteiger partial charge in [0.1, 0.15) is 5.82 Å². The first-order valence-corrected chi connectivity index (χ1v) is 11.0. The number of hydrogen-bond acceptors (Lipinski definition) is 3. The minimum absolute atomic E-state index is 0.0239. The van der Waals surface area contributed by atoms with E-state index in [-0.39, 0.29) is 23.9 Å². The topological polar surface area (TPSA) is 75.3 Å². The first-order valence-electron chi connectivity index (χ1n) is 8.70. The van der Waals surface area contributed by atoms with Crippen molar-refractivity contribution in [1.29, 1.82) is 0 Å². The van der Waals surface area contributed by atoms with Crippen molar-refractivity contribution in [3.05, 3.63) is 99.8 Å². The Morgan fingerprint density at radius 3 is 2.31 bits per heavy atom. The fourth-order valence-corrected chi connectivity index (χ4v) is 4.13. The molecule has 0 unspecified atom stereocenters. The van der Waals surface area contributed by atoms with Crippen molar-refractivity contribution in [2.24, 2.45) is 0 Å². The molecule has 0 saturated heterocycles. The molecule has 3 aromatic rings. The molecule has 5 nitrogen and oxygen atoms in total. The summed E-state index contributed by atoms with van der Waals surface area (Å²) in [6, 6.07) is 19.0. The molecule has 150 valence electrons. The standard InChI is InChI=1S/C21H18BrFN2O3S/c22-18-7-3-6-17(12-18)21(26)24-13-16-5-2-9-20(11-16)29(27,28)25-14-15-4-1-8-19(23)10-15/h1-12,25H,13-14H2,(H,24,26). The number of halogens is 2. The Labute approximate surface area is 177 Å². The first kappa shape index (κ1) is 21.2. The highest BCUT2D eigenvalue weighted by atomic mass is 79.9. The van der Waals surface area contributed by atoms with E-state index in [2.05, 4.69) is 26.0 Å². The van der Waals surface area contributed by atoms with Crippen molar-refractivity contribution >= 4 is 31.9 Å². The SMILES string of the molecule is O=C(NCc1cccc(S(=O)(=O)NCc2cccc(F)c2)c1)c1cccc(Br)c1. The number of amides is 1. The fourth-order valence-electron chi connectivity index (χ4n) is 2.65. The van der Waals surface area contributed by atoms with Gasteiger partial charge in [0.15, 0.2) is 0 Å². The molecule has 0 aliphatic rings. The average Bonchev–Trinajstić information content (AvgIpc) is 2.71. The second-order valence-corrected chi connectivity index (χ2v) is 8.98. The monoisotopic (exact) mass is 476 g/mol. The molecule has 29 heavy (non-hydrogen) atoms. The van der Waals surface area contributed by atoms with Crippen molar-refractivity contribution in [3.8, 4) is 0 Å². The van der Waals surface area contributed by atoms with E-state index < -0.39 is 15.8 Å². The van der Waals surface area contributed by atoms with Gasteiger partial charge in [-0.3, -0.25) is 4.79 Å². The van der Waals surface area contributed by atoms with Gasteiger partial charge in [0.25, 0.3) is 5.91 Å². The van der Waals surface area contributed by atoms with Crippen LogP contribution in [0, 0.1) is 5.82 Å². The maximum atomic E-state index is 13.2. The summed E-state index contributed by atoms with van der Waals surface area (Å²) < 4.78 is 41.6. The summed E-state index contributed by atoms with van der Waals surface area (Å²) >= 11 is 3.32. The number of hydrogen-bond donors (Lipinski definition) is 2. The highest BCUT2D eigenvalue weighted by Crippen LogP contribution is 2.14. The van der Waals surface area contributed by atoms with Crippen LogP contribution >= 0.6 is 15.9 Å². The predicted octanol–water partition coefficient (Wildman–Crippen LogP) is 4.00. The molecular weight excluding hydrogens is 459 g/mol. The van der Waals surface area contributed by atoms with Crippen LogP contribution in [0.5, 0.6) is 0 Å². The van der Waals surface area contributed by atoms with Gasteiger partial charge in [-0.25, -0.2) is 17.5 Å². The Morgan fingerprint density at radius 1 is 0.897 bits per heavy atom. The summed E-state index contributed by atoms with van der Waals surface area (Å²) in [6.45, 7) is 0.155. The van der Waals surface area contributed by atoms with E-state index in [0.29, 0.717) is 16.7 Å². The second-order valence-electron chi connectivity index (χ2n) is 6.29. The Morgan fingerprint density at radius 2 is 1.59 bits per heavy atom. The van der Waals surface area contributed by atoms with Gasteiger partial charge in [-0.2, -0.15) is 0 Å². The highest BCUT2D eigenvalue weighted by molar-refractivity contribution is 9.10. The van der Waals surface area contributed by atoms with E-state index in [9.17, 15) is 17.6 Å². The minimum Gasteiger partial charge on any atom is -0.348 e. The molecular formula is C21H18BrFN2O3S. The molecule has 0 heterocycles. The van der Waals surface area contributed by atoms with Gasteiger partial charge >= 0.3 is 0 Å². The van der Waals surface area contributed by atoms with Crippen molar-refractivity contribution in [1.82, 2.24) is 10.0 Å². The summed E-state index contributed by atoms with van der Waals surface area (Å²) in [5.74, 6) is -0.686. The number of benzene rings is 3. The van der Waals surface area contributed by atoms with E-state index in [1.807, 2.05) is 6.07 Å². The maximum Gasteiger partial charge on any atom is 0.251 e. The fraction of sp³-hybridized carbons (Fsp3) is 0.0952. The van der Waals surface area contributed by atoms with Crippen LogP contribution in [0.15, 0.2) is 82.2 Å². The van der Waals surface area contributed by atoms with Gasteiger partial charge in [0, 0.05) is 23.1 Å². The summed E-state index contributed by atoms with van der Waals surface area (Å²) in [6.07, 6.45) is 0. The summed E-state index contributed by atoms with van der Waals surface area (Å²) in [5.41, 5.74) is 1.66. The average molecular weight is 477 g/mol. The summed E-state index contributed by atoms with van der Waals surface area (Å²) in [4.78, 5) is 12.3. The molecule has 0 bridgehead atoms. The molecule has 8 heteroatoms. The highest BCUT2D eigenvalue weighted by Gasteiger charge is 2.15. The smallest absolute Gasteiger partial charge is 0.251 e. The molecule has 0 radical (unpaired) electrons.